The third-order valence-corrected chi connectivity index (χ3v) is 5.67. The normalized spacial score (nSPS) is 10.8. The van der Waals surface area contributed by atoms with E-state index in [1.165, 1.54) is 0 Å². The van der Waals surface area contributed by atoms with Crippen LogP contribution in [0, 0.1) is 4.77 Å². The van der Waals surface area contributed by atoms with E-state index in [2.05, 4.69) is 15.6 Å². The van der Waals surface area contributed by atoms with Crippen LogP contribution < -0.4 is 14.9 Å². The third-order valence-electron chi connectivity index (χ3n) is 4.33. The fraction of sp³-hybridized carbons (Fsp3) is 0.300. The average molecular weight is 488 g/mol. The van der Waals surface area contributed by atoms with Crippen molar-refractivity contribution in [3.8, 4) is 11.5 Å². The lowest BCUT2D eigenvalue weighted by atomic mass is 10.2. The van der Waals surface area contributed by atoms with Crippen LogP contribution in [-0.2, 0) is 19.6 Å². The van der Waals surface area contributed by atoms with Gasteiger partial charge in [-0.1, -0.05) is 47.8 Å². The SMILES string of the molecule is CCOc1cc(CNn2c(CC)n[nH]c2=S)c(Cl)cc1OCc1c(Cl)cccc1Cl. The summed E-state index contributed by atoms with van der Waals surface area (Å²) in [7, 11) is 0. The zero-order chi connectivity index (χ0) is 21.7. The molecule has 3 rings (SSSR count). The number of nitrogens with one attached hydrogen (secondary N) is 2. The van der Waals surface area contributed by atoms with Crippen molar-refractivity contribution < 1.29 is 9.47 Å². The first-order chi connectivity index (χ1) is 14.4. The van der Waals surface area contributed by atoms with E-state index in [0.717, 1.165) is 17.8 Å². The highest BCUT2D eigenvalue weighted by molar-refractivity contribution is 7.71. The summed E-state index contributed by atoms with van der Waals surface area (Å²) in [5.74, 6) is 1.89. The molecule has 0 atom stereocenters. The van der Waals surface area contributed by atoms with Crippen LogP contribution in [0.3, 0.4) is 0 Å². The molecule has 0 radical (unpaired) electrons. The number of halogens is 3. The lowest BCUT2D eigenvalue weighted by Gasteiger charge is -2.17. The molecular formula is C20H21Cl3N4O2S. The van der Waals surface area contributed by atoms with Gasteiger partial charge < -0.3 is 14.9 Å². The summed E-state index contributed by atoms with van der Waals surface area (Å²) in [6.45, 7) is 5.00. The van der Waals surface area contributed by atoms with Crippen molar-refractivity contribution in [3.63, 3.8) is 0 Å². The van der Waals surface area contributed by atoms with Gasteiger partial charge in [0.25, 0.3) is 0 Å². The summed E-state index contributed by atoms with van der Waals surface area (Å²) in [5, 5.41) is 8.56. The second kappa shape index (κ2) is 10.4. The number of rotatable bonds is 9. The molecule has 160 valence electrons. The van der Waals surface area contributed by atoms with Gasteiger partial charge in [-0.3, -0.25) is 5.10 Å². The maximum atomic E-state index is 6.51. The van der Waals surface area contributed by atoms with E-state index in [0.29, 0.717) is 50.1 Å². The van der Waals surface area contributed by atoms with Crippen molar-refractivity contribution in [2.75, 3.05) is 12.0 Å². The number of aromatic nitrogens is 3. The number of ether oxygens (including phenoxy) is 2. The van der Waals surface area contributed by atoms with Gasteiger partial charge in [-0.25, -0.2) is 4.68 Å². The Kier molecular flexibility index (Phi) is 7.88. The molecule has 0 aliphatic rings. The summed E-state index contributed by atoms with van der Waals surface area (Å²) < 4.78 is 13.9. The Morgan fingerprint density at radius 1 is 1.07 bits per heavy atom. The van der Waals surface area contributed by atoms with Crippen LogP contribution in [0.1, 0.15) is 30.8 Å². The summed E-state index contributed by atoms with van der Waals surface area (Å²) >= 11 is 24.2. The van der Waals surface area contributed by atoms with E-state index in [1.807, 2.05) is 19.9 Å². The number of H-pyrrole nitrogens is 1. The lowest BCUT2D eigenvalue weighted by Crippen LogP contribution is -2.17. The van der Waals surface area contributed by atoms with Crippen molar-refractivity contribution >= 4 is 47.0 Å². The Hall–Kier alpha value is -1.93. The summed E-state index contributed by atoms with van der Waals surface area (Å²) in [4.78, 5) is 0. The Morgan fingerprint density at radius 3 is 2.43 bits per heavy atom. The minimum absolute atomic E-state index is 0.191. The molecular weight excluding hydrogens is 467 g/mol. The molecule has 10 heteroatoms. The lowest BCUT2D eigenvalue weighted by molar-refractivity contribution is 0.269. The number of hydrogen-bond donors (Lipinski definition) is 2. The van der Waals surface area contributed by atoms with Gasteiger partial charge in [0.2, 0.25) is 4.77 Å². The zero-order valence-electron chi connectivity index (χ0n) is 16.5. The van der Waals surface area contributed by atoms with Crippen LogP contribution >= 0.6 is 47.0 Å². The first kappa shape index (κ1) is 22.7. The number of aryl methyl sites for hydroxylation is 1. The first-order valence-corrected chi connectivity index (χ1v) is 10.9. The van der Waals surface area contributed by atoms with Crippen molar-refractivity contribution in [1.29, 1.82) is 0 Å². The van der Waals surface area contributed by atoms with Gasteiger partial charge in [0, 0.05) is 33.1 Å². The highest BCUT2D eigenvalue weighted by Crippen LogP contribution is 2.35. The Balaban J connectivity index is 1.81. The molecule has 2 N–H and O–H groups in total. The second-order valence-electron chi connectivity index (χ2n) is 6.28. The molecule has 0 bridgehead atoms. The smallest absolute Gasteiger partial charge is 0.214 e. The van der Waals surface area contributed by atoms with Gasteiger partial charge in [-0.05, 0) is 42.9 Å². The van der Waals surface area contributed by atoms with Crippen LogP contribution in [0.4, 0.5) is 0 Å². The molecule has 0 saturated heterocycles. The molecule has 0 aliphatic carbocycles. The highest BCUT2D eigenvalue weighted by atomic mass is 35.5. The van der Waals surface area contributed by atoms with Gasteiger partial charge in [0.1, 0.15) is 6.61 Å². The first-order valence-electron chi connectivity index (χ1n) is 9.35. The number of benzene rings is 2. The third kappa shape index (κ3) is 5.21. The molecule has 1 aromatic heterocycles. The van der Waals surface area contributed by atoms with Crippen molar-refractivity contribution in [2.24, 2.45) is 0 Å². The minimum atomic E-state index is 0.191. The minimum Gasteiger partial charge on any atom is -0.490 e. The van der Waals surface area contributed by atoms with E-state index in [4.69, 9.17) is 56.5 Å². The zero-order valence-corrected chi connectivity index (χ0v) is 19.6. The topological polar surface area (TPSA) is 64.1 Å². The summed E-state index contributed by atoms with van der Waals surface area (Å²) in [6.07, 6.45) is 0.732. The molecule has 0 spiro atoms. The molecule has 0 amide bonds. The molecule has 0 fully saturated rings. The molecule has 30 heavy (non-hydrogen) atoms. The predicted molar refractivity (Wildman–Crippen MR) is 123 cm³/mol. The molecule has 0 saturated carbocycles. The van der Waals surface area contributed by atoms with Gasteiger partial charge in [-0.2, -0.15) is 5.10 Å². The van der Waals surface area contributed by atoms with E-state index in [1.54, 1.807) is 28.9 Å². The van der Waals surface area contributed by atoms with E-state index in [-0.39, 0.29) is 6.61 Å². The number of hydrogen-bond acceptors (Lipinski definition) is 5. The molecule has 3 aromatic rings. The number of nitrogens with zero attached hydrogens (tertiary/aromatic N) is 2. The van der Waals surface area contributed by atoms with Crippen LogP contribution in [-0.4, -0.2) is 21.5 Å². The fourth-order valence-electron chi connectivity index (χ4n) is 2.81. The second-order valence-corrected chi connectivity index (χ2v) is 7.89. The van der Waals surface area contributed by atoms with Gasteiger partial charge >= 0.3 is 0 Å². The number of aromatic amines is 1. The molecule has 0 aliphatic heterocycles. The standard InChI is InChI=1S/C20H21Cl3N4O2S/c1-3-19-25-26-20(30)27(19)24-10-12-8-17(28-4-2)18(9-16(12)23)29-11-13-14(21)6-5-7-15(13)22/h5-9,24H,3-4,10-11H2,1-2H3,(H,26,30). The predicted octanol–water partition coefficient (Wildman–Crippen LogP) is 6.18. The van der Waals surface area contributed by atoms with Gasteiger partial charge in [-0.15, -0.1) is 0 Å². The van der Waals surface area contributed by atoms with Crippen LogP contribution in [0.2, 0.25) is 15.1 Å². The molecule has 0 unspecified atom stereocenters. The Morgan fingerprint density at radius 2 is 1.77 bits per heavy atom. The summed E-state index contributed by atoms with van der Waals surface area (Å²) in [5.41, 5.74) is 4.76. The Bertz CT molecular complexity index is 1060. The quantitative estimate of drug-likeness (QED) is 0.353. The average Bonchev–Trinajstić information content (AvgIpc) is 3.08. The van der Waals surface area contributed by atoms with Crippen molar-refractivity contribution in [2.45, 2.75) is 33.4 Å². The van der Waals surface area contributed by atoms with Gasteiger partial charge in [0.15, 0.2) is 17.3 Å². The monoisotopic (exact) mass is 486 g/mol. The highest BCUT2D eigenvalue weighted by Gasteiger charge is 2.14. The Labute approximate surface area is 195 Å². The van der Waals surface area contributed by atoms with Crippen molar-refractivity contribution in [1.82, 2.24) is 14.9 Å². The summed E-state index contributed by atoms with van der Waals surface area (Å²) in [6, 6.07) is 8.89. The van der Waals surface area contributed by atoms with Crippen LogP contribution in [0.5, 0.6) is 11.5 Å². The van der Waals surface area contributed by atoms with Gasteiger partial charge in [0.05, 0.1) is 13.2 Å². The largest absolute Gasteiger partial charge is 0.490 e. The maximum absolute atomic E-state index is 6.51. The van der Waals surface area contributed by atoms with Crippen LogP contribution in [0.15, 0.2) is 30.3 Å². The molecule has 2 aromatic carbocycles. The maximum Gasteiger partial charge on any atom is 0.214 e. The molecule has 1 heterocycles. The van der Waals surface area contributed by atoms with Crippen molar-refractivity contribution in [3.05, 3.63) is 67.1 Å². The van der Waals surface area contributed by atoms with E-state index in [9.17, 15) is 0 Å². The van der Waals surface area contributed by atoms with E-state index >= 15 is 0 Å². The molecule has 6 nitrogen and oxygen atoms in total. The van der Waals surface area contributed by atoms with E-state index < -0.39 is 0 Å². The van der Waals surface area contributed by atoms with Crippen LogP contribution in [0.25, 0.3) is 0 Å². The fourth-order valence-corrected chi connectivity index (χ4v) is 3.75.